The molecule has 14 nitrogen and oxygen atoms in total. The number of aromatic nitrogens is 6. The summed E-state index contributed by atoms with van der Waals surface area (Å²) in [5.74, 6) is 0.566. The molecule has 1 atom stereocenters. The molecular weight excluding hydrogens is 699 g/mol. The van der Waals surface area contributed by atoms with Gasteiger partial charge in [-0.1, -0.05) is 36.4 Å². The van der Waals surface area contributed by atoms with Gasteiger partial charge in [0.05, 0.1) is 54.5 Å². The Morgan fingerprint density at radius 2 is 1.62 bits per heavy atom. The van der Waals surface area contributed by atoms with Crippen molar-refractivity contribution >= 4 is 28.3 Å². The molecule has 14 heteroatoms. The second kappa shape index (κ2) is 15.2. The standard InChI is InChI=1S/C41H35N9O5/c42-20-27-4-1-6-29(18-27)34-10-13-38(52)49(47-34)24-28-5-2-7-30(19-28)39-43-21-31(22-44-39)55-25-26-14-16-48(17-15-26)35-9-3-8-32-33(35)23-45-50(41(32)54)36-11-12-37(51)46-40(36)53/h1-10,13,18-19,21-23,26,36H,11-12,14-17,24-25H2,(H,46,51,53). The molecule has 0 spiro atoms. The lowest BCUT2D eigenvalue weighted by Gasteiger charge is -2.34. The number of nitrogens with zero attached hydrogens (tertiary/aromatic N) is 8. The van der Waals surface area contributed by atoms with E-state index in [4.69, 9.17) is 4.74 Å². The maximum atomic E-state index is 13.4. The van der Waals surface area contributed by atoms with Crippen LogP contribution < -0.4 is 26.1 Å². The number of hydrogen-bond donors (Lipinski definition) is 1. The smallest absolute Gasteiger partial charge is 0.275 e. The van der Waals surface area contributed by atoms with Crippen molar-refractivity contribution in [2.45, 2.75) is 38.3 Å². The molecule has 0 aliphatic carbocycles. The Balaban J connectivity index is 0.875. The molecule has 8 rings (SSSR count). The number of benzene rings is 3. The number of amides is 2. The summed E-state index contributed by atoms with van der Waals surface area (Å²) in [6.07, 6.45) is 7.15. The van der Waals surface area contributed by atoms with Gasteiger partial charge >= 0.3 is 0 Å². The Morgan fingerprint density at radius 1 is 0.836 bits per heavy atom. The van der Waals surface area contributed by atoms with Crippen LogP contribution in [0.5, 0.6) is 5.75 Å². The first-order valence-corrected chi connectivity index (χ1v) is 18.0. The van der Waals surface area contributed by atoms with Gasteiger partial charge in [-0.3, -0.25) is 24.5 Å². The van der Waals surface area contributed by atoms with Gasteiger partial charge in [-0.2, -0.15) is 15.5 Å². The Hall–Kier alpha value is -7.01. The highest BCUT2D eigenvalue weighted by Gasteiger charge is 2.30. The number of fused-ring (bicyclic) bond motifs is 1. The third-order valence-corrected chi connectivity index (χ3v) is 10.1. The van der Waals surface area contributed by atoms with E-state index in [9.17, 15) is 24.4 Å². The minimum atomic E-state index is -0.810. The van der Waals surface area contributed by atoms with Gasteiger partial charge in [0, 0.05) is 47.8 Å². The highest BCUT2D eigenvalue weighted by atomic mass is 16.5. The van der Waals surface area contributed by atoms with E-state index in [-0.39, 0.29) is 36.4 Å². The van der Waals surface area contributed by atoms with Gasteiger partial charge in [-0.15, -0.1) is 0 Å². The van der Waals surface area contributed by atoms with Gasteiger partial charge in [0.25, 0.3) is 17.0 Å². The van der Waals surface area contributed by atoms with E-state index in [1.807, 2.05) is 42.5 Å². The van der Waals surface area contributed by atoms with Crippen LogP contribution in [-0.4, -0.2) is 61.0 Å². The first-order chi connectivity index (χ1) is 26.8. The number of hydrogen-bond acceptors (Lipinski definition) is 11. The molecule has 0 bridgehead atoms. The van der Waals surface area contributed by atoms with Crippen molar-refractivity contribution in [1.29, 1.82) is 5.26 Å². The topological polar surface area (TPSA) is 178 Å². The molecule has 1 unspecified atom stereocenters. The third-order valence-electron chi connectivity index (χ3n) is 10.1. The van der Waals surface area contributed by atoms with Gasteiger partial charge in [0.2, 0.25) is 5.91 Å². The number of nitriles is 1. The van der Waals surface area contributed by atoms with Gasteiger partial charge in [-0.05, 0) is 67.1 Å². The maximum Gasteiger partial charge on any atom is 0.275 e. The van der Waals surface area contributed by atoms with Crippen molar-refractivity contribution in [3.63, 3.8) is 0 Å². The molecule has 2 aliphatic heterocycles. The maximum absolute atomic E-state index is 13.4. The quantitative estimate of drug-likeness (QED) is 0.210. The number of carbonyl (C=O) groups excluding carboxylic acids is 2. The number of piperidine rings is 2. The van der Waals surface area contributed by atoms with Gasteiger partial charge < -0.3 is 9.64 Å². The molecule has 2 aliphatic rings. The fourth-order valence-electron chi connectivity index (χ4n) is 7.12. The van der Waals surface area contributed by atoms with Gasteiger partial charge in [-0.25, -0.2) is 19.3 Å². The molecule has 0 radical (unpaired) electrons. The lowest BCUT2D eigenvalue weighted by Crippen LogP contribution is -2.45. The molecule has 5 heterocycles. The van der Waals surface area contributed by atoms with Crippen LogP contribution in [0.3, 0.4) is 0 Å². The second-order valence-corrected chi connectivity index (χ2v) is 13.7. The van der Waals surface area contributed by atoms with E-state index in [0.29, 0.717) is 40.7 Å². The van der Waals surface area contributed by atoms with E-state index < -0.39 is 11.9 Å². The summed E-state index contributed by atoms with van der Waals surface area (Å²) in [6.45, 7) is 2.31. The fourth-order valence-corrected chi connectivity index (χ4v) is 7.12. The van der Waals surface area contributed by atoms with E-state index in [0.717, 1.165) is 53.7 Å². The number of anilines is 1. The van der Waals surface area contributed by atoms with E-state index in [2.05, 4.69) is 36.5 Å². The summed E-state index contributed by atoms with van der Waals surface area (Å²) < 4.78 is 8.70. The molecule has 6 aromatic rings. The fraction of sp³-hybridized carbons (Fsp3) is 0.244. The SMILES string of the molecule is N#Cc1cccc(-c2ccc(=O)n(Cc3cccc(-c4ncc(OCC5CCN(c6cccc7c(=O)n(C8CCC(=O)NC8=O)ncc67)CC5)cn4)c3)n2)c1. The second-order valence-electron chi connectivity index (χ2n) is 13.7. The summed E-state index contributed by atoms with van der Waals surface area (Å²) in [5.41, 5.74) is 3.85. The van der Waals surface area contributed by atoms with Crippen LogP contribution in [0.4, 0.5) is 5.69 Å². The highest BCUT2D eigenvalue weighted by molar-refractivity contribution is 5.99. The lowest BCUT2D eigenvalue weighted by atomic mass is 9.96. The van der Waals surface area contributed by atoms with Crippen LogP contribution in [-0.2, 0) is 16.1 Å². The predicted octanol–water partition coefficient (Wildman–Crippen LogP) is 4.27. The minimum absolute atomic E-state index is 0.165. The molecule has 3 aromatic heterocycles. The van der Waals surface area contributed by atoms with Crippen LogP contribution >= 0.6 is 0 Å². The monoisotopic (exact) mass is 733 g/mol. The lowest BCUT2D eigenvalue weighted by molar-refractivity contribution is -0.136. The van der Waals surface area contributed by atoms with Crippen LogP contribution in [0.2, 0.25) is 0 Å². The zero-order valence-corrected chi connectivity index (χ0v) is 29.7. The molecule has 2 amide bonds. The summed E-state index contributed by atoms with van der Waals surface area (Å²) in [7, 11) is 0. The number of imide groups is 1. The van der Waals surface area contributed by atoms with Crippen LogP contribution in [0.25, 0.3) is 33.4 Å². The van der Waals surface area contributed by atoms with Crippen molar-refractivity contribution in [3.8, 4) is 34.5 Å². The van der Waals surface area contributed by atoms with Gasteiger partial charge in [0.1, 0.15) is 6.04 Å². The first kappa shape index (κ1) is 35.0. The van der Waals surface area contributed by atoms with Crippen molar-refractivity contribution in [3.05, 3.63) is 129 Å². The minimum Gasteiger partial charge on any atom is -0.490 e. The molecule has 2 fully saturated rings. The zero-order chi connectivity index (χ0) is 37.9. The summed E-state index contributed by atoms with van der Waals surface area (Å²) in [5, 5.41) is 21.7. The molecular formula is C41H35N9O5. The Labute approximate surface area is 314 Å². The average molecular weight is 734 g/mol. The molecule has 3 aromatic carbocycles. The van der Waals surface area contributed by atoms with Gasteiger partial charge in [0.15, 0.2) is 11.6 Å². The number of ether oxygens (including phenoxy) is 1. The summed E-state index contributed by atoms with van der Waals surface area (Å²) >= 11 is 0. The van der Waals surface area contributed by atoms with Crippen LogP contribution in [0, 0.1) is 17.2 Å². The molecule has 274 valence electrons. The Morgan fingerprint density at radius 3 is 2.42 bits per heavy atom. The first-order valence-electron chi connectivity index (χ1n) is 18.0. The molecule has 1 N–H and O–H groups in total. The van der Waals surface area contributed by atoms with Crippen LogP contribution in [0.15, 0.2) is 107 Å². The van der Waals surface area contributed by atoms with Crippen molar-refractivity contribution in [2.75, 3.05) is 24.6 Å². The van der Waals surface area contributed by atoms with Crippen molar-refractivity contribution in [2.24, 2.45) is 5.92 Å². The van der Waals surface area contributed by atoms with E-state index in [1.165, 1.54) is 15.4 Å². The Kier molecular flexibility index (Phi) is 9.65. The average Bonchev–Trinajstić information content (AvgIpc) is 3.22. The molecule has 0 saturated carbocycles. The number of nitrogens with one attached hydrogen (secondary N) is 1. The van der Waals surface area contributed by atoms with Crippen molar-refractivity contribution in [1.82, 2.24) is 34.8 Å². The summed E-state index contributed by atoms with van der Waals surface area (Å²) in [6, 6.07) is 24.8. The number of rotatable bonds is 9. The number of carbonyl (C=O) groups is 2. The Bertz CT molecular complexity index is 2590. The molecule has 55 heavy (non-hydrogen) atoms. The largest absolute Gasteiger partial charge is 0.490 e. The third kappa shape index (κ3) is 7.45. The van der Waals surface area contributed by atoms with Crippen LogP contribution in [0.1, 0.15) is 42.9 Å². The normalized spacial score (nSPS) is 16.1. The van der Waals surface area contributed by atoms with E-state index >= 15 is 0 Å². The van der Waals surface area contributed by atoms with Crippen molar-refractivity contribution < 1.29 is 14.3 Å². The predicted molar refractivity (Wildman–Crippen MR) is 203 cm³/mol. The zero-order valence-electron chi connectivity index (χ0n) is 29.7. The highest BCUT2D eigenvalue weighted by Crippen LogP contribution is 2.30. The molecule has 2 saturated heterocycles. The van der Waals surface area contributed by atoms with E-state index in [1.54, 1.807) is 48.9 Å². The summed E-state index contributed by atoms with van der Waals surface area (Å²) in [4.78, 5) is 61.4.